The van der Waals surface area contributed by atoms with Crippen molar-refractivity contribution in [2.24, 2.45) is 0 Å². The van der Waals surface area contributed by atoms with Gasteiger partial charge in [0.25, 0.3) is 0 Å². The molecule has 5 rings (SSSR count). The molecule has 7 heteroatoms. The number of nitrogens with zero attached hydrogens (tertiary/aromatic N) is 3. The van der Waals surface area contributed by atoms with E-state index in [2.05, 4.69) is 38.2 Å². The van der Waals surface area contributed by atoms with Crippen molar-refractivity contribution in [3.63, 3.8) is 0 Å². The van der Waals surface area contributed by atoms with Gasteiger partial charge in [-0.2, -0.15) is 0 Å². The second-order valence-corrected chi connectivity index (χ2v) is 8.70. The lowest BCUT2D eigenvalue weighted by molar-refractivity contribution is 0.0691. The third-order valence-corrected chi connectivity index (χ3v) is 6.60. The van der Waals surface area contributed by atoms with Crippen LogP contribution in [0.1, 0.15) is 45.9 Å². The monoisotopic (exact) mass is 456 g/mol. The molecule has 1 aliphatic rings. The van der Waals surface area contributed by atoms with Gasteiger partial charge in [0.05, 0.1) is 0 Å². The van der Waals surface area contributed by atoms with E-state index in [0.717, 1.165) is 50.2 Å². The summed E-state index contributed by atoms with van der Waals surface area (Å²) in [6, 6.07) is 14.9. The summed E-state index contributed by atoms with van der Waals surface area (Å²) >= 11 is 0. The summed E-state index contributed by atoms with van der Waals surface area (Å²) in [4.78, 5) is 26.2. The van der Waals surface area contributed by atoms with Crippen LogP contribution in [-0.2, 0) is 6.42 Å². The molecule has 3 aromatic heterocycles. The van der Waals surface area contributed by atoms with Crippen LogP contribution in [0.2, 0.25) is 0 Å². The third-order valence-electron chi connectivity index (χ3n) is 6.60. The number of carbonyl (C=O) groups is 1. The van der Waals surface area contributed by atoms with Crippen LogP contribution in [0.5, 0.6) is 5.75 Å². The zero-order valence-electron chi connectivity index (χ0n) is 19.0. The van der Waals surface area contributed by atoms with Crippen molar-refractivity contribution in [1.82, 2.24) is 19.9 Å². The highest BCUT2D eigenvalue weighted by atomic mass is 16.5. The number of H-pyrrole nitrogens is 1. The number of rotatable bonds is 8. The minimum Gasteiger partial charge on any atom is -0.491 e. The van der Waals surface area contributed by atoms with Crippen molar-refractivity contribution < 1.29 is 14.6 Å². The molecule has 4 aromatic rings. The number of likely N-dealkylation sites (tertiary alicyclic amines) is 1. The lowest BCUT2D eigenvalue weighted by Gasteiger charge is -2.32. The van der Waals surface area contributed by atoms with Crippen LogP contribution in [0.15, 0.2) is 67.1 Å². The maximum Gasteiger partial charge on any atom is 0.339 e. The first-order valence-electron chi connectivity index (χ1n) is 11.7. The minimum absolute atomic E-state index is 0.204. The van der Waals surface area contributed by atoms with E-state index in [-0.39, 0.29) is 5.56 Å². The number of aromatic nitrogens is 3. The zero-order chi connectivity index (χ0) is 23.3. The molecule has 1 aliphatic heterocycles. The molecule has 34 heavy (non-hydrogen) atoms. The minimum atomic E-state index is -0.966. The van der Waals surface area contributed by atoms with Crippen molar-refractivity contribution in [2.45, 2.75) is 25.2 Å². The number of pyridine rings is 2. The van der Waals surface area contributed by atoms with Gasteiger partial charge in [-0.1, -0.05) is 18.2 Å². The molecular formula is C27H28N4O3. The number of nitrogens with one attached hydrogen (secondary N) is 1. The Morgan fingerprint density at radius 2 is 1.88 bits per heavy atom. The van der Waals surface area contributed by atoms with Crippen LogP contribution in [0.25, 0.3) is 11.0 Å². The standard InChI is InChI=1S/C27H28N4O3/c32-27(33)22-6-1-2-7-24(22)34-16-15-31-13-9-19(10-14-31)23-18-30-26-25(23)20(8-12-29-26)17-21-5-3-4-11-28-21/h1-8,11-12,18-19H,9-10,13-17H2,(H,29,30)(H,32,33). The van der Waals surface area contributed by atoms with Gasteiger partial charge in [0.15, 0.2) is 0 Å². The molecule has 7 nitrogen and oxygen atoms in total. The lowest BCUT2D eigenvalue weighted by atomic mass is 9.88. The first-order valence-corrected chi connectivity index (χ1v) is 11.7. The number of hydrogen-bond donors (Lipinski definition) is 2. The van der Waals surface area contributed by atoms with Crippen LogP contribution >= 0.6 is 0 Å². The van der Waals surface area contributed by atoms with E-state index in [1.165, 1.54) is 16.5 Å². The number of benzene rings is 1. The number of hydrogen-bond acceptors (Lipinski definition) is 5. The molecule has 1 fully saturated rings. The summed E-state index contributed by atoms with van der Waals surface area (Å²) in [5, 5.41) is 10.5. The van der Waals surface area contributed by atoms with Crippen LogP contribution in [-0.4, -0.2) is 57.2 Å². The van der Waals surface area contributed by atoms with E-state index >= 15 is 0 Å². The van der Waals surface area contributed by atoms with E-state index in [1.54, 1.807) is 24.3 Å². The van der Waals surface area contributed by atoms with Crippen LogP contribution < -0.4 is 4.74 Å². The maximum absolute atomic E-state index is 11.4. The van der Waals surface area contributed by atoms with Crippen molar-refractivity contribution in [3.05, 3.63) is 89.5 Å². The van der Waals surface area contributed by atoms with Gasteiger partial charge in [0.1, 0.15) is 23.6 Å². The van der Waals surface area contributed by atoms with Crippen molar-refractivity contribution in [1.29, 1.82) is 0 Å². The van der Waals surface area contributed by atoms with E-state index < -0.39 is 5.97 Å². The van der Waals surface area contributed by atoms with Gasteiger partial charge in [-0.15, -0.1) is 0 Å². The number of carboxylic acids is 1. The van der Waals surface area contributed by atoms with E-state index in [4.69, 9.17) is 4.74 Å². The summed E-state index contributed by atoms with van der Waals surface area (Å²) in [5.74, 6) is -0.0611. The van der Waals surface area contributed by atoms with E-state index in [9.17, 15) is 9.90 Å². The van der Waals surface area contributed by atoms with Gasteiger partial charge in [0.2, 0.25) is 0 Å². The Hall–Kier alpha value is -3.71. The summed E-state index contributed by atoms with van der Waals surface area (Å²) in [5.41, 5.74) is 4.81. The second kappa shape index (κ2) is 10.1. The average Bonchev–Trinajstić information content (AvgIpc) is 3.31. The van der Waals surface area contributed by atoms with Gasteiger partial charge in [-0.05, 0) is 73.3 Å². The first kappa shape index (κ1) is 22.1. The molecule has 0 bridgehead atoms. The lowest BCUT2D eigenvalue weighted by Crippen LogP contribution is -2.35. The molecule has 0 spiro atoms. The van der Waals surface area contributed by atoms with Gasteiger partial charge in [-0.25, -0.2) is 9.78 Å². The molecular weight excluding hydrogens is 428 g/mol. The third kappa shape index (κ3) is 4.79. The van der Waals surface area contributed by atoms with Crippen molar-refractivity contribution in [3.8, 4) is 5.75 Å². The molecule has 1 aromatic carbocycles. The number of ether oxygens (including phenoxy) is 1. The first-order chi connectivity index (χ1) is 16.7. The Bertz CT molecular complexity index is 1260. The molecule has 0 unspecified atom stereocenters. The normalized spacial score (nSPS) is 14.9. The smallest absolute Gasteiger partial charge is 0.339 e. The fourth-order valence-electron chi connectivity index (χ4n) is 4.84. The number of carboxylic acid groups (broad SMARTS) is 1. The van der Waals surface area contributed by atoms with Gasteiger partial charge in [-0.3, -0.25) is 9.88 Å². The quantitative estimate of drug-likeness (QED) is 0.406. The Balaban J connectivity index is 1.21. The number of fused-ring (bicyclic) bond motifs is 1. The van der Waals surface area contributed by atoms with Crippen LogP contribution in [0.3, 0.4) is 0 Å². The molecule has 1 saturated heterocycles. The fraction of sp³-hybridized carbons (Fsp3) is 0.296. The van der Waals surface area contributed by atoms with Gasteiger partial charge < -0.3 is 14.8 Å². The molecule has 0 aliphatic carbocycles. The summed E-state index contributed by atoms with van der Waals surface area (Å²) < 4.78 is 5.79. The summed E-state index contributed by atoms with van der Waals surface area (Å²) in [7, 11) is 0. The van der Waals surface area contributed by atoms with Gasteiger partial charge in [0, 0.05) is 42.6 Å². The maximum atomic E-state index is 11.4. The number of piperidine rings is 1. The van der Waals surface area contributed by atoms with Crippen LogP contribution in [0.4, 0.5) is 0 Å². The molecule has 174 valence electrons. The predicted molar refractivity (Wildman–Crippen MR) is 130 cm³/mol. The molecule has 2 N–H and O–H groups in total. The average molecular weight is 457 g/mol. The Labute approximate surface area is 198 Å². The highest BCUT2D eigenvalue weighted by Gasteiger charge is 2.24. The fourth-order valence-corrected chi connectivity index (χ4v) is 4.84. The molecule has 0 atom stereocenters. The van der Waals surface area contributed by atoms with Crippen LogP contribution in [0, 0.1) is 0 Å². The van der Waals surface area contributed by atoms with E-state index in [1.807, 2.05) is 24.5 Å². The molecule has 0 amide bonds. The number of aromatic amines is 1. The largest absolute Gasteiger partial charge is 0.491 e. The molecule has 0 radical (unpaired) electrons. The topological polar surface area (TPSA) is 91.3 Å². The number of aromatic carboxylic acids is 1. The highest BCUT2D eigenvalue weighted by molar-refractivity contribution is 5.90. The highest BCUT2D eigenvalue weighted by Crippen LogP contribution is 2.34. The second-order valence-electron chi connectivity index (χ2n) is 8.70. The molecule has 4 heterocycles. The SMILES string of the molecule is O=C(O)c1ccccc1OCCN1CCC(c2c[nH]c3nccc(Cc4ccccn4)c23)CC1. The zero-order valence-corrected chi connectivity index (χ0v) is 19.0. The molecule has 0 saturated carbocycles. The Morgan fingerprint density at radius 3 is 2.68 bits per heavy atom. The Morgan fingerprint density at radius 1 is 1.06 bits per heavy atom. The van der Waals surface area contributed by atoms with Crippen molar-refractivity contribution >= 4 is 17.0 Å². The summed E-state index contributed by atoms with van der Waals surface area (Å²) in [6.45, 7) is 3.22. The summed E-state index contributed by atoms with van der Waals surface area (Å²) in [6.07, 6.45) is 8.76. The Kier molecular flexibility index (Phi) is 6.53. The number of para-hydroxylation sites is 1. The van der Waals surface area contributed by atoms with E-state index in [0.29, 0.717) is 18.3 Å². The van der Waals surface area contributed by atoms with Crippen molar-refractivity contribution in [2.75, 3.05) is 26.2 Å². The van der Waals surface area contributed by atoms with Gasteiger partial charge >= 0.3 is 5.97 Å². The predicted octanol–water partition coefficient (Wildman–Crippen LogP) is 4.51.